The van der Waals surface area contributed by atoms with Crippen molar-refractivity contribution in [2.45, 2.75) is 58.3 Å². The Labute approximate surface area is 389 Å². The molecule has 0 unspecified atom stereocenters. The maximum atomic E-state index is 13.7. The van der Waals surface area contributed by atoms with E-state index < -0.39 is 29.8 Å². The topological polar surface area (TPSA) is 174 Å². The number of hydrogen-bond acceptors (Lipinski definition) is 14. The second-order valence-corrected chi connectivity index (χ2v) is 15.0. The number of carbonyl (C=O) groups excluding carboxylic acids is 5. The van der Waals surface area contributed by atoms with Crippen LogP contribution in [0.5, 0.6) is 28.7 Å². The third kappa shape index (κ3) is 16.2. The minimum absolute atomic E-state index is 0.00123. The molecule has 0 spiro atoms. The van der Waals surface area contributed by atoms with Crippen molar-refractivity contribution in [2.75, 3.05) is 31.9 Å². The highest BCUT2D eigenvalue weighted by Crippen LogP contribution is 2.38. The average Bonchev–Trinajstić information content (AvgIpc) is 3.34. The molecular formula is C53H54N2O12. The van der Waals surface area contributed by atoms with Crippen molar-refractivity contribution in [1.82, 2.24) is 0 Å². The lowest BCUT2D eigenvalue weighted by Gasteiger charge is -2.16. The van der Waals surface area contributed by atoms with Crippen LogP contribution in [0, 0.1) is 0 Å². The summed E-state index contributed by atoms with van der Waals surface area (Å²) >= 11 is 0. The van der Waals surface area contributed by atoms with E-state index >= 15 is 0 Å². The van der Waals surface area contributed by atoms with Gasteiger partial charge in [0.1, 0.15) is 17.2 Å². The second-order valence-electron chi connectivity index (χ2n) is 15.0. The van der Waals surface area contributed by atoms with Crippen LogP contribution in [0.1, 0.15) is 84.6 Å². The van der Waals surface area contributed by atoms with Crippen molar-refractivity contribution in [3.05, 3.63) is 157 Å². The van der Waals surface area contributed by atoms with Gasteiger partial charge in [-0.1, -0.05) is 56.1 Å². The normalized spacial score (nSPS) is 10.7. The van der Waals surface area contributed by atoms with Gasteiger partial charge >= 0.3 is 29.8 Å². The number of benzene rings is 5. The number of fused-ring (bicyclic) bond motifs is 1. The highest BCUT2D eigenvalue weighted by atomic mass is 16.6. The number of rotatable bonds is 27. The van der Waals surface area contributed by atoms with Gasteiger partial charge in [0.25, 0.3) is 0 Å². The molecule has 1 N–H and O–H groups in total. The van der Waals surface area contributed by atoms with Crippen molar-refractivity contribution in [3.8, 4) is 28.7 Å². The van der Waals surface area contributed by atoms with E-state index in [1.165, 1.54) is 25.3 Å². The molecule has 0 heterocycles. The summed E-state index contributed by atoms with van der Waals surface area (Å²) in [5.41, 5.74) is 4.12. The van der Waals surface area contributed by atoms with Gasteiger partial charge in [-0.2, -0.15) is 5.10 Å². The predicted octanol–water partition coefficient (Wildman–Crippen LogP) is 10.5. The number of hydrazone groups is 1. The summed E-state index contributed by atoms with van der Waals surface area (Å²) in [4.78, 5) is 62.7. The molecule has 5 aromatic rings. The molecule has 0 atom stereocenters. The van der Waals surface area contributed by atoms with E-state index in [4.69, 9.17) is 33.2 Å². The Kier molecular flexibility index (Phi) is 19.9. The minimum Gasteiger partial charge on any atom is -0.494 e. The minimum atomic E-state index is -0.834. The molecule has 0 fully saturated rings. The van der Waals surface area contributed by atoms with Gasteiger partial charge < -0.3 is 33.2 Å². The van der Waals surface area contributed by atoms with Gasteiger partial charge in [0.05, 0.1) is 55.0 Å². The van der Waals surface area contributed by atoms with Gasteiger partial charge in [-0.3, -0.25) is 5.43 Å². The predicted molar refractivity (Wildman–Crippen MR) is 255 cm³/mol. The molecule has 67 heavy (non-hydrogen) atoms. The molecule has 0 aliphatic heterocycles. The van der Waals surface area contributed by atoms with Crippen LogP contribution in [0.2, 0.25) is 0 Å². The zero-order valence-electron chi connectivity index (χ0n) is 37.5. The third-order valence-electron chi connectivity index (χ3n) is 9.85. The summed E-state index contributed by atoms with van der Waals surface area (Å²) in [5.74, 6) is -2.59. The molecule has 348 valence electrons. The standard InChI is InChI=1S/C53H54N2O12/c1-5-48(56)63-34-15-9-7-13-32-61-41-26-22-39(23-27-41)52(59)65-46-30-31-47(66-53(60)40-24-28-42(29-25-40)62-33-14-8-10-16-35-64-49(57)6-2)50(67-51(58)37(3)4)44(46)36-54-55-45-21-17-19-38-18-11-12-20-43(38)45/h5-6,11-12,17-31,36,55H,1-3,7-10,13-16,32-35H2,4H3/b54-36+. The lowest BCUT2D eigenvalue weighted by atomic mass is 10.1. The van der Waals surface area contributed by atoms with Gasteiger partial charge in [0.2, 0.25) is 0 Å². The number of carbonyl (C=O) groups is 5. The largest absolute Gasteiger partial charge is 0.494 e. The van der Waals surface area contributed by atoms with Crippen molar-refractivity contribution in [3.63, 3.8) is 0 Å². The number of nitrogens with one attached hydrogen (secondary N) is 1. The van der Waals surface area contributed by atoms with Crippen LogP contribution in [-0.2, 0) is 23.9 Å². The number of anilines is 1. The number of nitrogens with zero attached hydrogens (tertiary/aromatic N) is 1. The Morgan fingerprint density at radius 3 is 1.60 bits per heavy atom. The quantitative estimate of drug-likeness (QED) is 0.0132. The van der Waals surface area contributed by atoms with Crippen LogP contribution in [0.25, 0.3) is 10.8 Å². The lowest BCUT2D eigenvalue weighted by molar-refractivity contribution is -0.138. The van der Waals surface area contributed by atoms with Gasteiger partial charge in [0.15, 0.2) is 11.5 Å². The average molecular weight is 911 g/mol. The van der Waals surface area contributed by atoms with Crippen molar-refractivity contribution in [2.24, 2.45) is 5.10 Å². The summed E-state index contributed by atoms with van der Waals surface area (Å²) in [6.45, 7) is 13.5. The van der Waals surface area contributed by atoms with E-state index in [1.54, 1.807) is 48.5 Å². The first kappa shape index (κ1) is 50.0. The Bertz CT molecular complexity index is 2540. The van der Waals surface area contributed by atoms with E-state index in [-0.39, 0.29) is 39.5 Å². The molecule has 14 nitrogen and oxygen atoms in total. The fraction of sp³-hybridized carbons (Fsp3) is 0.245. The zero-order chi connectivity index (χ0) is 47.8. The van der Waals surface area contributed by atoms with Crippen LogP contribution < -0.4 is 29.1 Å². The van der Waals surface area contributed by atoms with Crippen molar-refractivity contribution >= 4 is 52.5 Å². The molecule has 0 radical (unpaired) electrons. The second kappa shape index (κ2) is 26.7. The van der Waals surface area contributed by atoms with E-state index in [9.17, 15) is 24.0 Å². The van der Waals surface area contributed by atoms with E-state index in [2.05, 4.69) is 30.3 Å². The SMILES string of the molecule is C=CC(=O)OCCCCCCOc1ccc(C(=O)Oc2ccc(OC(=O)c3ccc(OCCCCCCOC(=O)C=C)cc3)c(OC(=O)C(=C)C)c2/C=N/Nc2cccc3ccccc23)cc1. The molecule has 5 aromatic carbocycles. The number of esters is 5. The number of unbranched alkanes of at least 4 members (excludes halogenated alkanes) is 6. The Balaban J connectivity index is 1.31. The third-order valence-corrected chi connectivity index (χ3v) is 9.85. The van der Waals surface area contributed by atoms with Gasteiger partial charge in [-0.25, -0.2) is 24.0 Å². The molecule has 0 aliphatic carbocycles. The van der Waals surface area contributed by atoms with Gasteiger partial charge in [-0.05, 0) is 130 Å². The fourth-order valence-electron chi connectivity index (χ4n) is 6.28. The monoisotopic (exact) mass is 910 g/mol. The zero-order valence-corrected chi connectivity index (χ0v) is 37.5. The first-order valence-electron chi connectivity index (χ1n) is 21.9. The molecule has 5 rings (SSSR count). The summed E-state index contributed by atoms with van der Waals surface area (Å²) in [6.07, 6.45) is 10.1. The highest BCUT2D eigenvalue weighted by Gasteiger charge is 2.24. The molecule has 0 aliphatic rings. The number of hydrogen-bond donors (Lipinski definition) is 1. The first-order valence-corrected chi connectivity index (χ1v) is 21.9. The summed E-state index contributed by atoms with van der Waals surface area (Å²) in [5, 5.41) is 6.30. The number of ether oxygens (including phenoxy) is 7. The highest BCUT2D eigenvalue weighted by molar-refractivity contribution is 5.99. The van der Waals surface area contributed by atoms with Crippen LogP contribution >= 0.6 is 0 Å². The maximum absolute atomic E-state index is 13.7. The van der Waals surface area contributed by atoms with Crippen molar-refractivity contribution in [1.29, 1.82) is 0 Å². The molecule has 14 heteroatoms. The summed E-state index contributed by atoms with van der Waals surface area (Å²) in [7, 11) is 0. The van der Waals surface area contributed by atoms with Gasteiger partial charge in [-0.15, -0.1) is 0 Å². The molecule has 0 bridgehead atoms. The summed E-state index contributed by atoms with van der Waals surface area (Å²) in [6, 6.07) is 28.9. The van der Waals surface area contributed by atoms with E-state index in [0.29, 0.717) is 43.6 Å². The van der Waals surface area contributed by atoms with Crippen LogP contribution in [0.15, 0.2) is 146 Å². The van der Waals surface area contributed by atoms with Crippen molar-refractivity contribution < 1.29 is 57.1 Å². The Hall–Kier alpha value is -8.00. The summed E-state index contributed by atoms with van der Waals surface area (Å²) < 4.78 is 39.2. The lowest BCUT2D eigenvalue weighted by Crippen LogP contribution is -2.16. The smallest absolute Gasteiger partial charge is 0.343 e. The Morgan fingerprint density at radius 1 is 0.567 bits per heavy atom. The Morgan fingerprint density at radius 2 is 1.06 bits per heavy atom. The van der Waals surface area contributed by atoms with Crippen LogP contribution in [-0.4, -0.2) is 62.5 Å². The molecule has 0 saturated carbocycles. The fourth-order valence-corrected chi connectivity index (χ4v) is 6.28. The first-order chi connectivity index (χ1) is 32.6. The molecule has 0 amide bonds. The maximum Gasteiger partial charge on any atom is 0.343 e. The van der Waals surface area contributed by atoms with Crippen LogP contribution in [0.3, 0.4) is 0 Å². The van der Waals surface area contributed by atoms with Crippen LogP contribution in [0.4, 0.5) is 5.69 Å². The molecule has 0 aromatic heterocycles. The molecule has 0 saturated heterocycles. The van der Waals surface area contributed by atoms with E-state index in [1.807, 2.05) is 42.5 Å². The van der Waals surface area contributed by atoms with Gasteiger partial charge in [0, 0.05) is 23.1 Å². The molecular weight excluding hydrogens is 857 g/mol. The van der Waals surface area contributed by atoms with E-state index in [0.717, 1.165) is 74.3 Å².